The number of aromatic nitrogens is 2. The van der Waals surface area contributed by atoms with Crippen molar-refractivity contribution in [2.75, 3.05) is 5.32 Å². The molecular formula is C14H22N4O. The fourth-order valence-corrected chi connectivity index (χ4v) is 2.37. The standard InChI is InChI=1S/C14H22N4O/c1-10(6-11-2-3-11)16-13-7-15-18(8-13)9-14(19)17-12-4-5-12/h7-8,10-12,16H,2-6,9H2,1H3,(H,17,19). The Bertz CT molecular complexity index is 448. The highest BCUT2D eigenvalue weighted by molar-refractivity contribution is 5.76. The third kappa shape index (κ3) is 3.98. The quantitative estimate of drug-likeness (QED) is 0.787. The van der Waals surface area contributed by atoms with Gasteiger partial charge >= 0.3 is 0 Å². The monoisotopic (exact) mass is 262 g/mol. The maximum Gasteiger partial charge on any atom is 0.241 e. The van der Waals surface area contributed by atoms with Crippen molar-refractivity contribution in [1.29, 1.82) is 0 Å². The van der Waals surface area contributed by atoms with Gasteiger partial charge in [0.15, 0.2) is 0 Å². The summed E-state index contributed by atoms with van der Waals surface area (Å²) in [6.07, 6.45) is 9.95. The van der Waals surface area contributed by atoms with Crippen molar-refractivity contribution in [1.82, 2.24) is 15.1 Å². The zero-order valence-corrected chi connectivity index (χ0v) is 11.4. The van der Waals surface area contributed by atoms with Crippen molar-refractivity contribution < 1.29 is 4.79 Å². The van der Waals surface area contributed by atoms with Gasteiger partial charge in [-0.3, -0.25) is 9.48 Å². The van der Waals surface area contributed by atoms with Crippen LogP contribution in [0.15, 0.2) is 12.4 Å². The van der Waals surface area contributed by atoms with Crippen molar-refractivity contribution in [2.24, 2.45) is 5.92 Å². The van der Waals surface area contributed by atoms with Crippen LogP contribution in [0, 0.1) is 5.92 Å². The summed E-state index contributed by atoms with van der Waals surface area (Å²) in [6, 6.07) is 0.893. The number of carbonyl (C=O) groups is 1. The minimum absolute atomic E-state index is 0.0585. The summed E-state index contributed by atoms with van der Waals surface area (Å²) in [5, 5.41) is 10.6. The highest BCUT2D eigenvalue weighted by Crippen LogP contribution is 2.34. The summed E-state index contributed by atoms with van der Waals surface area (Å²) in [5.74, 6) is 0.977. The molecular weight excluding hydrogens is 240 g/mol. The van der Waals surface area contributed by atoms with Gasteiger partial charge in [-0.15, -0.1) is 0 Å². The number of nitrogens with zero attached hydrogens (tertiary/aromatic N) is 2. The molecule has 0 spiro atoms. The number of nitrogens with one attached hydrogen (secondary N) is 2. The molecule has 2 N–H and O–H groups in total. The van der Waals surface area contributed by atoms with E-state index < -0.39 is 0 Å². The third-order valence-electron chi connectivity index (χ3n) is 3.68. The Morgan fingerprint density at radius 2 is 2.26 bits per heavy atom. The average molecular weight is 262 g/mol. The first-order chi connectivity index (χ1) is 9.19. The van der Waals surface area contributed by atoms with E-state index >= 15 is 0 Å². The van der Waals surface area contributed by atoms with Crippen molar-refractivity contribution in [3.8, 4) is 0 Å². The first kappa shape index (κ1) is 12.5. The molecule has 2 aliphatic rings. The van der Waals surface area contributed by atoms with Gasteiger partial charge in [0.1, 0.15) is 6.54 Å². The van der Waals surface area contributed by atoms with Crippen LogP contribution < -0.4 is 10.6 Å². The molecule has 0 radical (unpaired) electrons. The van der Waals surface area contributed by atoms with Crippen molar-refractivity contribution in [2.45, 2.75) is 57.7 Å². The van der Waals surface area contributed by atoms with Crippen LogP contribution in [0.4, 0.5) is 5.69 Å². The Morgan fingerprint density at radius 1 is 1.47 bits per heavy atom. The summed E-state index contributed by atoms with van der Waals surface area (Å²) in [4.78, 5) is 11.7. The fraction of sp³-hybridized carbons (Fsp3) is 0.714. The molecule has 0 aliphatic heterocycles. The molecule has 3 rings (SSSR count). The number of hydrogen-bond acceptors (Lipinski definition) is 3. The molecule has 1 atom stereocenters. The van der Waals surface area contributed by atoms with Crippen molar-refractivity contribution in [3.05, 3.63) is 12.4 Å². The molecule has 2 saturated carbocycles. The normalized spacial score (nSPS) is 20.1. The number of anilines is 1. The van der Waals surface area contributed by atoms with Crippen LogP contribution in [-0.2, 0) is 11.3 Å². The lowest BCUT2D eigenvalue weighted by Crippen LogP contribution is -2.29. The highest BCUT2D eigenvalue weighted by Gasteiger charge is 2.24. The van der Waals surface area contributed by atoms with Gasteiger partial charge in [-0.05, 0) is 32.1 Å². The molecule has 5 nitrogen and oxygen atoms in total. The Labute approximate surface area is 113 Å². The van der Waals surface area contributed by atoms with Crippen molar-refractivity contribution in [3.63, 3.8) is 0 Å². The van der Waals surface area contributed by atoms with Crippen LogP contribution in [0.5, 0.6) is 0 Å². The Balaban J connectivity index is 1.45. The number of amides is 1. The maximum atomic E-state index is 11.7. The van der Waals surface area contributed by atoms with Gasteiger partial charge in [-0.25, -0.2) is 0 Å². The van der Waals surface area contributed by atoms with Crippen LogP contribution in [0.25, 0.3) is 0 Å². The van der Waals surface area contributed by atoms with Crippen molar-refractivity contribution >= 4 is 11.6 Å². The van der Waals surface area contributed by atoms with E-state index in [4.69, 9.17) is 0 Å². The van der Waals surface area contributed by atoms with Gasteiger partial charge in [0.25, 0.3) is 0 Å². The minimum atomic E-state index is 0.0585. The molecule has 1 aromatic rings. The van der Waals surface area contributed by atoms with Crippen LogP contribution in [0.3, 0.4) is 0 Å². The first-order valence-corrected chi connectivity index (χ1v) is 7.27. The lowest BCUT2D eigenvalue weighted by atomic mass is 10.1. The van der Waals surface area contributed by atoms with E-state index in [0.717, 1.165) is 24.4 Å². The second kappa shape index (κ2) is 5.23. The van der Waals surface area contributed by atoms with Crippen LogP contribution in [0.1, 0.15) is 39.0 Å². The van der Waals surface area contributed by atoms with Crippen LogP contribution >= 0.6 is 0 Å². The van der Waals surface area contributed by atoms with Gasteiger partial charge < -0.3 is 10.6 Å². The summed E-state index contributed by atoms with van der Waals surface area (Å²) >= 11 is 0. The summed E-state index contributed by atoms with van der Waals surface area (Å²) in [5.41, 5.74) is 1.01. The van der Waals surface area contributed by atoms with E-state index in [1.54, 1.807) is 10.9 Å². The summed E-state index contributed by atoms with van der Waals surface area (Å²) in [7, 11) is 0. The lowest BCUT2D eigenvalue weighted by molar-refractivity contribution is -0.122. The maximum absolute atomic E-state index is 11.7. The predicted octanol–water partition coefficient (Wildman–Crippen LogP) is 1.76. The van der Waals surface area contributed by atoms with E-state index in [-0.39, 0.29) is 5.91 Å². The van der Waals surface area contributed by atoms with Gasteiger partial charge in [0, 0.05) is 18.3 Å². The molecule has 2 fully saturated rings. The SMILES string of the molecule is CC(CC1CC1)Nc1cnn(CC(=O)NC2CC2)c1. The van der Waals surface area contributed by atoms with Crippen LogP contribution in [-0.4, -0.2) is 27.8 Å². The van der Waals surface area contributed by atoms with E-state index in [2.05, 4.69) is 22.7 Å². The topological polar surface area (TPSA) is 59.0 Å². The third-order valence-corrected chi connectivity index (χ3v) is 3.68. The molecule has 104 valence electrons. The molecule has 0 aromatic carbocycles. The number of carbonyl (C=O) groups excluding carboxylic acids is 1. The molecule has 1 unspecified atom stereocenters. The molecule has 1 heterocycles. The molecule has 0 bridgehead atoms. The van der Waals surface area contributed by atoms with E-state index in [1.165, 1.54) is 19.3 Å². The summed E-state index contributed by atoms with van der Waals surface area (Å²) < 4.78 is 1.70. The second-order valence-corrected chi connectivity index (χ2v) is 5.99. The second-order valence-electron chi connectivity index (χ2n) is 5.99. The number of rotatable bonds is 7. The lowest BCUT2D eigenvalue weighted by Gasteiger charge is -2.12. The molecule has 1 aromatic heterocycles. The minimum Gasteiger partial charge on any atom is -0.380 e. The Morgan fingerprint density at radius 3 is 2.95 bits per heavy atom. The molecule has 0 saturated heterocycles. The van der Waals surface area contributed by atoms with Gasteiger partial charge in [-0.2, -0.15) is 5.10 Å². The fourth-order valence-electron chi connectivity index (χ4n) is 2.37. The first-order valence-electron chi connectivity index (χ1n) is 7.27. The molecule has 2 aliphatic carbocycles. The largest absolute Gasteiger partial charge is 0.380 e. The molecule has 5 heteroatoms. The predicted molar refractivity (Wildman–Crippen MR) is 73.8 cm³/mol. The van der Waals surface area contributed by atoms with Crippen LogP contribution in [0.2, 0.25) is 0 Å². The Kier molecular flexibility index (Phi) is 3.44. The zero-order chi connectivity index (χ0) is 13.2. The van der Waals surface area contributed by atoms with E-state index in [1.807, 2.05) is 6.20 Å². The van der Waals surface area contributed by atoms with E-state index in [9.17, 15) is 4.79 Å². The smallest absolute Gasteiger partial charge is 0.241 e. The molecule has 1 amide bonds. The average Bonchev–Trinajstić information content (AvgIpc) is 3.24. The van der Waals surface area contributed by atoms with E-state index in [0.29, 0.717) is 18.6 Å². The van der Waals surface area contributed by atoms with Gasteiger partial charge in [0.2, 0.25) is 5.91 Å². The Hall–Kier alpha value is -1.52. The van der Waals surface area contributed by atoms with Gasteiger partial charge in [0.05, 0.1) is 11.9 Å². The zero-order valence-electron chi connectivity index (χ0n) is 11.4. The number of hydrogen-bond donors (Lipinski definition) is 2. The summed E-state index contributed by atoms with van der Waals surface area (Å²) in [6.45, 7) is 2.52. The molecule has 19 heavy (non-hydrogen) atoms. The highest BCUT2D eigenvalue weighted by atomic mass is 16.2. The van der Waals surface area contributed by atoms with Gasteiger partial charge in [-0.1, -0.05) is 12.8 Å².